The number of amides is 1. The molecule has 0 aliphatic carbocycles. The molecule has 1 aliphatic heterocycles. The summed E-state index contributed by atoms with van der Waals surface area (Å²) in [4.78, 5) is 22.7. The summed E-state index contributed by atoms with van der Waals surface area (Å²) in [6.07, 6.45) is -5.77. The van der Waals surface area contributed by atoms with Gasteiger partial charge in [0.15, 0.2) is 11.6 Å². The zero-order valence-electron chi connectivity index (χ0n) is 20.7. The normalized spacial score (nSPS) is 17.7. The van der Waals surface area contributed by atoms with Crippen LogP contribution in [0.15, 0.2) is 35.5 Å². The van der Waals surface area contributed by atoms with Crippen molar-refractivity contribution in [3.05, 3.63) is 74.3 Å². The predicted octanol–water partition coefficient (Wildman–Crippen LogP) is 6.54. The Labute approximate surface area is 228 Å². The molecule has 1 amide bonds. The number of carbonyl (C=O) groups is 1. The quantitative estimate of drug-likeness (QED) is 0.249. The standard InChI is InChI=1S/C24H19Cl2F6N5O2/c1-11-7-12(5-6-14(11)19(38)36(3)21-33-20(22(2,28)29)37(4)34-21)17-10-23(39-35-17,24(30,31)32)13-8-15(25)18(27)16(26)9-13/h5-9H,10H2,1-4H3. The minimum absolute atomic E-state index is 0.0967. The number of carbonyl (C=O) groups excluding carboxylic acids is 1. The predicted molar refractivity (Wildman–Crippen MR) is 131 cm³/mol. The van der Waals surface area contributed by atoms with Gasteiger partial charge in [-0.25, -0.2) is 9.07 Å². The number of rotatable bonds is 5. The third-order valence-electron chi connectivity index (χ3n) is 6.18. The van der Waals surface area contributed by atoms with Gasteiger partial charge in [0.1, 0.15) is 0 Å². The van der Waals surface area contributed by atoms with Gasteiger partial charge in [0.05, 0.1) is 15.8 Å². The van der Waals surface area contributed by atoms with E-state index in [1.807, 2.05) is 0 Å². The first-order chi connectivity index (χ1) is 18.0. The lowest BCUT2D eigenvalue weighted by Gasteiger charge is -2.29. The fourth-order valence-corrected chi connectivity index (χ4v) is 4.58. The number of hydrogen-bond acceptors (Lipinski definition) is 5. The zero-order valence-corrected chi connectivity index (χ0v) is 22.2. The highest BCUT2D eigenvalue weighted by molar-refractivity contribution is 6.35. The summed E-state index contributed by atoms with van der Waals surface area (Å²) >= 11 is 11.5. The SMILES string of the molecule is Cc1cc(C2=NOC(c3cc(Cl)c(F)c(Cl)c3)(C(F)(F)F)C2)ccc1C(=O)N(C)c1nc(C(C)(F)F)n(C)n1. The number of benzene rings is 2. The van der Waals surface area contributed by atoms with E-state index in [-0.39, 0.29) is 22.8 Å². The number of hydrogen-bond donors (Lipinski definition) is 0. The van der Waals surface area contributed by atoms with Crippen molar-refractivity contribution in [2.75, 3.05) is 11.9 Å². The molecule has 0 radical (unpaired) electrons. The second-order valence-electron chi connectivity index (χ2n) is 9.03. The van der Waals surface area contributed by atoms with E-state index in [1.165, 1.54) is 39.2 Å². The molecule has 1 aliphatic rings. The fourth-order valence-electron chi connectivity index (χ4n) is 4.10. The monoisotopic (exact) mass is 593 g/mol. The number of aromatic nitrogens is 3. The largest absolute Gasteiger partial charge is 0.435 e. The number of alkyl halides is 5. The number of anilines is 1. The van der Waals surface area contributed by atoms with Crippen LogP contribution in [0.25, 0.3) is 0 Å². The molecular formula is C24H19Cl2F6N5O2. The summed E-state index contributed by atoms with van der Waals surface area (Å²) in [5.74, 6) is -5.90. The Hall–Kier alpha value is -3.32. The molecule has 0 spiro atoms. The van der Waals surface area contributed by atoms with E-state index in [1.54, 1.807) is 0 Å². The molecule has 7 nitrogen and oxygen atoms in total. The number of halogens is 8. The van der Waals surface area contributed by atoms with Crippen LogP contribution >= 0.6 is 23.2 Å². The van der Waals surface area contributed by atoms with Crippen LogP contribution in [-0.2, 0) is 23.4 Å². The molecule has 4 rings (SSSR count). The third kappa shape index (κ3) is 5.05. The first-order valence-corrected chi connectivity index (χ1v) is 11.9. The van der Waals surface area contributed by atoms with Gasteiger partial charge in [0.25, 0.3) is 17.5 Å². The van der Waals surface area contributed by atoms with Gasteiger partial charge in [-0.05, 0) is 42.3 Å². The highest BCUT2D eigenvalue weighted by atomic mass is 35.5. The molecule has 0 saturated heterocycles. The van der Waals surface area contributed by atoms with E-state index in [0.29, 0.717) is 12.5 Å². The molecule has 2 aromatic carbocycles. The van der Waals surface area contributed by atoms with E-state index in [2.05, 4.69) is 15.2 Å². The molecule has 15 heteroatoms. The van der Waals surface area contributed by atoms with Crippen LogP contribution < -0.4 is 4.90 Å². The molecular weight excluding hydrogens is 575 g/mol. The van der Waals surface area contributed by atoms with Crippen molar-refractivity contribution in [3.63, 3.8) is 0 Å². The van der Waals surface area contributed by atoms with Crippen molar-refractivity contribution in [2.24, 2.45) is 12.2 Å². The van der Waals surface area contributed by atoms with E-state index in [4.69, 9.17) is 28.0 Å². The average molecular weight is 594 g/mol. The molecule has 0 saturated carbocycles. The third-order valence-corrected chi connectivity index (χ3v) is 6.73. The van der Waals surface area contributed by atoms with Crippen LogP contribution in [0.5, 0.6) is 0 Å². The molecule has 2 heterocycles. The Kier molecular flexibility index (Phi) is 7.13. The Morgan fingerprint density at radius 1 is 1.13 bits per heavy atom. The lowest BCUT2D eigenvalue weighted by Crippen LogP contribution is -2.42. The van der Waals surface area contributed by atoms with Gasteiger partial charge in [-0.1, -0.05) is 34.4 Å². The smallest absolute Gasteiger partial charge is 0.374 e. The summed E-state index contributed by atoms with van der Waals surface area (Å²) in [5.41, 5.74) is -2.91. The number of aryl methyl sites for hydroxylation is 2. The summed E-state index contributed by atoms with van der Waals surface area (Å²) in [7, 11) is 2.56. The maximum Gasteiger partial charge on any atom is 0.435 e. The first kappa shape index (κ1) is 28.7. The van der Waals surface area contributed by atoms with Gasteiger partial charge in [-0.3, -0.25) is 9.69 Å². The first-order valence-electron chi connectivity index (χ1n) is 11.1. The lowest BCUT2D eigenvalue weighted by atomic mass is 9.86. The van der Waals surface area contributed by atoms with Gasteiger partial charge < -0.3 is 4.84 Å². The van der Waals surface area contributed by atoms with E-state index in [9.17, 15) is 31.1 Å². The minimum Gasteiger partial charge on any atom is -0.374 e. The van der Waals surface area contributed by atoms with E-state index >= 15 is 0 Å². The van der Waals surface area contributed by atoms with E-state index in [0.717, 1.165) is 21.7 Å². The van der Waals surface area contributed by atoms with Crippen molar-refractivity contribution >= 4 is 40.8 Å². The topological polar surface area (TPSA) is 72.6 Å². The summed E-state index contributed by atoms with van der Waals surface area (Å²) in [6, 6.07) is 5.71. The van der Waals surface area contributed by atoms with Crippen molar-refractivity contribution in [2.45, 2.75) is 38.0 Å². The van der Waals surface area contributed by atoms with Crippen molar-refractivity contribution in [3.8, 4) is 0 Å². The number of nitrogens with zero attached hydrogens (tertiary/aromatic N) is 5. The second kappa shape index (κ2) is 9.70. The van der Waals surface area contributed by atoms with Crippen molar-refractivity contribution in [1.82, 2.24) is 14.8 Å². The Bertz CT molecular complexity index is 1480. The van der Waals surface area contributed by atoms with Gasteiger partial charge in [0, 0.05) is 38.6 Å². The zero-order chi connectivity index (χ0) is 29.1. The Morgan fingerprint density at radius 2 is 1.74 bits per heavy atom. The van der Waals surface area contributed by atoms with Crippen LogP contribution in [0.2, 0.25) is 10.0 Å². The Balaban J connectivity index is 1.62. The van der Waals surface area contributed by atoms with Gasteiger partial charge in [-0.15, -0.1) is 5.10 Å². The molecule has 0 fully saturated rings. The number of oxime groups is 1. The van der Waals surface area contributed by atoms with Crippen LogP contribution in [0, 0.1) is 12.7 Å². The summed E-state index contributed by atoms with van der Waals surface area (Å²) in [6.45, 7) is 2.18. The fraction of sp³-hybridized carbons (Fsp3) is 0.333. The summed E-state index contributed by atoms with van der Waals surface area (Å²) in [5, 5.41) is 6.29. The lowest BCUT2D eigenvalue weighted by molar-refractivity contribution is -0.275. The van der Waals surface area contributed by atoms with Gasteiger partial charge in [-0.2, -0.15) is 26.9 Å². The summed E-state index contributed by atoms with van der Waals surface area (Å²) < 4.78 is 85.0. The molecule has 1 atom stereocenters. The van der Waals surface area contributed by atoms with E-state index < -0.39 is 57.3 Å². The van der Waals surface area contributed by atoms with Crippen LogP contribution in [0.3, 0.4) is 0 Å². The Morgan fingerprint density at radius 3 is 2.26 bits per heavy atom. The molecule has 1 unspecified atom stereocenters. The van der Waals surface area contributed by atoms with Crippen LogP contribution in [0.4, 0.5) is 32.3 Å². The maximum absolute atomic E-state index is 14.3. The van der Waals surface area contributed by atoms with Gasteiger partial charge in [0.2, 0.25) is 0 Å². The highest BCUT2D eigenvalue weighted by Crippen LogP contribution is 2.50. The minimum atomic E-state index is -4.99. The second-order valence-corrected chi connectivity index (χ2v) is 9.84. The van der Waals surface area contributed by atoms with Crippen LogP contribution in [0.1, 0.15) is 46.2 Å². The molecule has 39 heavy (non-hydrogen) atoms. The molecule has 0 bridgehead atoms. The molecule has 3 aromatic rings. The van der Waals surface area contributed by atoms with Gasteiger partial charge >= 0.3 is 12.1 Å². The highest BCUT2D eigenvalue weighted by Gasteiger charge is 2.62. The van der Waals surface area contributed by atoms with Crippen LogP contribution in [-0.4, -0.2) is 39.6 Å². The molecule has 1 aromatic heterocycles. The van der Waals surface area contributed by atoms with Crippen molar-refractivity contribution in [1.29, 1.82) is 0 Å². The molecule has 0 N–H and O–H groups in total. The maximum atomic E-state index is 14.3. The molecule has 208 valence electrons. The van der Waals surface area contributed by atoms with Crippen molar-refractivity contribution < 1.29 is 36.0 Å². The average Bonchev–Trinajstić information content (AvgIpc) is 3.46.